The lowest BCUT2D eigenvalue weighted by atomic mass is 9.95. The van der Waals surface area contributed by atoms with Gasteiger partial charge in [0.1, 0.15) is 10.7 Å². The first kappa shape index (κ1) is 31.0. The Balaban J connectivity index is 1.39. The Hall–Kier alpha value is -4.95. The second kappa shape index (κ2) is 13.2. The minimum atomic E-state index is -4.73. The van der Waals surface area contributed by atoms with Crippen LogP contribution < -0.4 is 5.32 Å². The molecule has 1 aliphatic rings. The van der Waals surface area contributed by atoms with Gasteiger partial charge in [0.15, 0.2) is 5.16 Å². The van der Waals surface area contributed by atoms with E-state index in [0.29, 0.717) is 33.1 Å². The summed E-state index contributed by atoms with van der Waals surface area (Å²) >= 11 is 2.21. The van der Waals surface area contributed by atoms with Crippen LogP contribution in [0.5, 0.6) is 0 Å². The summed E-state index contributed by atoms with van der Waals surface area (Å²) in [5.41, 5.74) is 1.32. The SMILES string of the molecule is O=C(Nc1cccnc1)c1c(N=Cc2cc([N+](=O)[O-])ccc2Sc2nc(-c3ccccc3)cc(C(F)(F)F)n2)sc2c1CCCC2. The van der Waals surface area contributed by atoms with Crippen LogP contribution in [0.2, 0.25) is 0 Å². The van der Waals surface area contributed by atoms with Crippen molar-refractivity contribution in [2.75, 3.05) is 5.32 Å². The quantitative estimate of drug-likeness (QED) is 0.0766. The number of hydrogen-bond donors (Lipinski definition) is 1. The number of aryl methyl sites for hydroxylation is 1. The summed E-state index contributed by atoms with van der Waals surface area (Å²) in [4.78, 5) is 42.8. The summed E-state index contributed by atoms with van der Waals surface area (Å²) in [5.74, 6) is -0.348. The number of carbonyl (C=O) groups is 1. The third kappa shape index (κ3) is 6.97. The molecule has 2 aromatic carbocycles. The average Bonchev–Trinajstić information content (AvgIpc) is 3.43. The van der Waals surface area contributed by atoms with Gasteiger partial charge in [-0.1, -0.05) is 30.3 Å². The van der Waals surface area contributed by atoms with Gasteiger partial charge in [0, 0.05) is 45.4 Å². The molecular weight excluding hydrogens is 638 g/mol. The van der Waals surface area contributed by atoms with E-state index in [4.69, 9.17) is 0 Å². The van der Waals surface area contributed by atoms with E-state index in [0.717, 1.165) is 47.5 Å². The molecule has 1 N–H and O–H groups in total. The van der Waals surface area contributed by atoms with E-state index in [1.807, 2.05) is 0 Å². The van der Waals surface area contributed by atoms with E-state index in [1.165, 1.54) is 41.9 Å². The van der Waals surface area contributed by atoms with E-state index in [1.54, 1.807) is 48.7 Å². The van der Waals surface area contributed by atoms with Crippen molar-refractivity contribution in [2.45, 2.75) is 41.9 Å². The van der Waals surface area contributed by atoms with Crippen LogP contribution >= 0.6 is 23.1 Å². The maximum absolute atomic E-state index is 13.8. The molecule has 14 heteroatoms. The van der Waals surface area contributed by atoms with Crippen molar-refractivity contribution in [2.24, 2.45) is 4.99 Å². The number of alkyl halides is 3. The second-order valence-electron chi connectivity index (χ2n) is 10.2. The molecule has 232 valence electrons. The number of rotatable bonds is 8. The molecule has 0 spiro atoms. The number of nitro benzene ring substituents is 1. The van der Waals surface area contributed by atoms with Gasteiger partial charge in [0.2, 0.25) is 0 Å². The first-order valence-corrected chi connectivity index (χ1v) is 15.7. The van der Waals surface area contributed by atoms with Gasteiger partial charge in [-0.25, -0.2) is 15.0 Å². The molecule has 0 fully saturated rings. The van der Waals surface area contributed by atoms with Gasteiger partial charge < -0.3 is 5.32 Å². The molecule has 0 unspecified atom stereocenters. The monoisotopic (exact) mass is 660 g/mol. The highest BCUT2D eigenvalue weighted by Gasteiger charge is 2.34. The highest BCUT2D eigenvalue weighted by molar-refractivity contribution is 7.99. The Morgan fingerprint density at radius 2 is 1.85 bits per heavy atom. The number of thiophene rings is 1. The van der Waals surface area contributed by atoms with Crippen molar-refractivity contribution in [3.05, 3.63) is 116 Å². The number of anilines is 1. The fourth-order valence-corrected chi connectivity index (χ4v) is 7.03. The van der Waals surface area contributed by atoms with Crippen LogP contribution in [0.3, 0.4) is 0 Å². The number of benzene rings is 2. The molecule has 5 aromatic rings. The van der Waals surface area contributed by atoms with Crippen LogP contribution in [0, 0.1) is 10.1 Å². The van der Waals surface area contributed by atoms with Gasteiger partial charge >= 0.3 is 6.18 Å². The number of pyridine rings is 1. The lowest BCUT2D eigenvalue weighted by Gasteiger charge is -2.12. The van der Waals surface area contributed by atoms with Crippen molar-refractivity contribution < 1.29 is 22.9 Å². The number of carbonyl (C=O) groups excluding carboxylic acids is 1. The Kier molecular flexibility index (Phi) is 8.90. The zero-order valence-corrected chi connectivity index (χ0v) is 25.5. The van der Waals surface area contributed by atoms with Crippen LogP contribution in [0.15, 0.2) is 94.2 Å². The molecular formula is C32H23F3N6O3S2. The van der Waals surface area contributed by atoms with Gasteiger partial charge in [-0.15, -0.1) is 11.3 Å². The predicted molar refractivity (Wildman–Crippen MR) is 170 cm³/mol. The fraction of sp³-hybridized carbons (Fsp3) is 0.156. The average molecular weight is 661 g/mol. The Morgan fingerprint density at radius 3 is 2.59 bits per heavy atom. The molecule has 6 rings (SSSR count). The summed E-state index contributed by atoms with van der Waals surface area (Å²) in [6.07, 6.45) is 3.21. The number of amides is 1. The maximum atomic E-state index is 13.8. The van der Waals surface area contributed by atoms with E-state index >= 15 is 0 Å². The lowest BCUT2D eigenvalue weighted by molar-refractivity contribution is -0.384. The predicted octanol–water partition coefficient (Wildman–Crippen LogP) is 8.56. The molecule has 3 heterocycles. The molecule has 1 amide bonds. The number of fused-ring (bicyclic) bond motifs is 1. The molecule has 0 saturated carbocycles. The van der Waals surface area contributed by atoms with Crippen molar-refractivity contribution in [1.82, 2.24) is 15.0 Å². The molecule has 0 atom stereocenters. The highest BCUT2D eigenvalue weighted by atomic mass is 32.2. The maximum Gasteiger partial charge on any atom is 0.433 e. The van der Waals surface area contributed by atoms with Crippen molar-refractivity contribution >= 4 is 51.6 Å². The number of nitrogens with zero attached hydrogens (tertiary/aromatic N) is 5. The Bertz CT molecular complexity index is 1950. The molecule has 0 radical (unpaired) electrons. The number of aromatic nitrogens is 3. The normalized spacial score (nSPS) is 13.0. The molecule has 0 saturated heterocycles. The van der Waals surface area contributed by atoms with Gasteiger partial charge in [-0.3, -0.25) is 19.9 Å². The molecule has 1 aliphatic carbocycles. The third-order valence-corrected chi connectivity index (χ3v) is 9.25. The summed E-state index contributed by atoms with van der Waals surface area (Å²) in [6.45, 7) is 0. The number of halogens is 3. The number of nitro groups is 1. The van der Waals surface area contributed by atoms with Crippen molar-refractivity contribution in [3.8, 4) is 11.3 Å². The topological polar surface area (TPSA) is 123 Å². The Morgan fingerprint density at radius 1 is 1.04 bits per heavy atom. The minimum absolute atomic E-state index is 0.0796. The molecule has 9 nitrogen and oxygen atoms in total. The zero-order valence-electron chi connectivity index (χ0n) is 23.8. The third-order valence-electron chi connectivity index (χ3n) is 7.09. The first-order chi connectivity index (χ1) is 22.2. The van der Waals surface area contributed by atoms with Crippen LogP contribution in [-0.2, 0) is 19.0 Å². The smallest absolute Gasteiger partial charge is 0.320 e. The zero-order chi connectivity index (χ0) is 32.3. The van der Waals surface area contributed by atoms with Gasteiger partial charge in [0.05, 0.1) is 28.1 Å². The fourth-order valence-electron chi connectivity index (χ4n) is 4.95. The molecule has 46 heavy (non-hydrogen) atoms. The van der Waals surface area contributed by atoms with Gasteiger partial charge in [-0.05, 0) is 67.3 Å². The minimum Gasteiger partial charge on any atom is -0.320 e. The van der Waals surface area contributed by atoms with E-state index in [2.05, 4.69) is 25.3 Å². The number of hydrogen-bond acceptors (Lipinski definition) is 9. The van der Waals surface area contributed by atoms with Crippen molar-refractivity contribution in [1.29, 1.82) is 0 Å². The lowest BCUT2D eigenvalue weighted by Crippen LogP contribution is -2.15. The summed E-state index contributed by atoms with van der Waals surface area (Å²) in [5, 5.41) is 14.8. The highest BCUT2D eigenvalue weighted by Crippen LogP contribution is 2.41. The standard InChI is InChI=1S/C32H23F3N6O3S2/c33-32(34,35)27-16-24(19-7-2-1-3-8-19)39-31(40-27)46-25-13-12-22(41(43)44)15-20(25)17-37-30-28(23-10-4-5-11-26(23)45-30)29(42)38-21-9-6-14-36-18-21/h1-3,6-9,12-18H,4-5,10-11H2,(H,38,42). The van der Waals surface area contributed by atoms with Crippen molar-refractivity contribution in [3.63, 3.8) is 0 Å². The largest absolute Gasteiger partial charge is 0.433 e. The summed E-state index contributed by atoms with van der Waals surface area (Å²) in [7, 11) is 0. The molecule has 0 bridgehead atoms. The van der Waals surface area contributed by atoms with Crippen LogP contribution in [-0.4, -0.2) is 32.0 Å². The van der Waals surface area contributed by atoms with Crippen LogP contribution in [0.25, 0.3) is 11.3 Å². The first-order valence-electron chi connectivity index (χ1n) is 14.0. The van der Waals surface area contributed by atoms with Gasteiger partial charge in [0.25, 0.3) is 11.6 Å². The number of nitrogens with one attached hydrogen (secondary N) is 1. The van der Waals surface area contributed by atoms with E-state index < -0.39 is 16.8 Å². The molecule has 3 aromatic heterocycles. The van der Waals surface area contributed by atoms with E-state index in [9.17, 15) is 28.1 Å². The van der Waals surface area contributed by atoms with Crippen LogP contribution in [0.4, 0.5) is 29.5 Å². The van der Waals surface area contributed by atoms with E-state index in [-0.39, 0.29) is 28.0 Å². The second-order valence-corrected chi connectivity index (χ2v) is 12.3. The summed E-state index contributed by atoms with van der Waals surface area (Å²) in [6, 6.07) is 16.7. The van der Waals surface area contributed by atoms with Crippen LogP contribution in [0.1, 0.15) is 44.9 Å². The van der Waals surface area contributed by atoms with Gasteiger partial charge in [-0.2, -0.15) is 13.2 Å². The Labute approximate surface area is 268 Å². The summed E-state index contributed by atoms with van der Waals surface area (Å²) < 4.78 is 41.5. The number of aliphatic imine (C=N–C) groups is 1. The molecule has 0 aliphatic heterocycles. The number of non-ortho nitro benzene ring substituents is 1.